The lowest BCUT2D eigenvalue weighted by atomic mass is 10.0. The molecule has 2 N–H and O–H groups in total. The van der Waals surface area contributed by atoms with Gasteiger partial charge in [0.1, 0.15) is 0 Å². The van der Waals surface area contributed by atoms with Gasteiger partial charge < -0.3 is 10.6 Å². The summed E-state index contributed by atoms with van der Waals surface area (Å²) in [5.41, 5.74) is 9.15. The van der Waals surface area contributed by atoms with E-state index in [2.05, 4.69) is 45.7 Å². The Hall–Kier alpha value is -1.18. The molecule has 0 aromatic heterocycles. The number of nitrogens with zero attached hydrogens (tertiary/aromatic N) is 1. The van der Waals surface area contributed by atoms with E-state index in [1.54, 1.807) is 0 Å². The third-order valence-electron chi connectivity index (χ3n) is 2.48. The van der Waals surface area contributed by atoms with Gasteiger partial charge in [-0.15, -0.1) is 0 Å². The van der Waals surface area contributed by atoms with Crippen molar-refractivity contribution in [3.05, 3.63) is 23.8 Å². The Morgan fingerprint density at radius 1 is 1.14 bits per heavy atom. The smallest absolute Gasteiger partial charge is 0.0391 e. The summed E-state index contributed by atoms with van der Waals surface area (Å²) < 4.78 is 0. The quantitative estimate of drug-likeness (QED) is 0.693. The van der Waals surface area contributed by atoms with Gasteiger partial charge in [0.15, 0.2) is 0 Å². The number of aryl methyl sites for hydroxylation is 1. The summed E-state index contributed by atoms with van der Waals surface area (Å²) in [6.07, 6.45) is 0. The maximum absolute atomic E-state index is 5.81. The van der Waals surface area contributed by atoms with Crippen LogP contribution in [0.25, 0.3) is 0 Å². The minimum Gasteiger partial charge on any atom is -0.399 e. The van der Waals surface area contributed by atoms with Gasteiger partial charge >= 0.3 is 0 Å². The third-order valence-corrected chi connectivity index (χ3v) is 2.48. The van der Waals surface area contributed by atoms with Gasteiger partial charge in [-0.25, -0.2) is 0 Å². The van der Waals surface area contributed by atoms with Crippen LogP contribution in [-0.2, 0) is 0 Å². The molecule has 2 nitrogen and oxygen atoms in total. The predicted octanol–water partition coefficient (Wildman–Crippen LogP) is 2.81. The molecule has 0 fully saturated rings. The van der Waals surface area contributed by atoms with Crippen LogP contribution in [0.15, 0.2) is 18.2 Å². The number of nitrogen functional groups attached to an aromatic ring is 1. The van der Waals surface area contributed by atoms with Gasteiger partial charge in [0.2, 0.25) is 0 Å². The second kappa shape index (κ2) is 3.52. The summed E-state index contributed by atoms with van der Waals surface area (Å²) in [7, 11) is 2.09. The molecule has 0 atom stereocenters. The Bertz CT molecular complexity index is 303. The standard InChI is InChI=1S/C12H20N2/c1-9-6-10(13)8-11(7-9)14(5)12(2,3)4/h6-8H,13H2,1-5H3. The van der Waals surface area contributed by atoms with Crippen molar-refractivity contribution in [2.24, 2.45) is 0 Å². The van der Waals surface area contributed by atoms with Gasteiger partial charge in [0.05, 0.1) is 0 Å². The zero-order chi connectivity index (χ0) is 10.9. The van der Waals surface area contributed by atoms with Crippen LogP contribution in [0.1, 0.15) is 26.3 Å². The van der Waals surface area contributed by atoms with E-state index in [0.717, 1.165) is 5.69 Å². The summed E-state index contributed by atoms with van der Waals surface area (Å²) in [6, 6.07) is 6.15. The topological polar surface area (TPSA) is 29.3 Å². The molecular weight excluding hydrogens is 172 g/mol. The zero-order valence-corrected chi connectivity index (χ0v) is 9.76. The summed E-state index contributed by atoms with van der Waals surface area (Å²) >= 11 is 0. The molecule has 0 bridgehead atoms. The van der Waals surface area contributed by atoms with Gasteiger partial charge in [-0.1, -0.05) is 0 Å². The molecular formula is C12H20N2. The van der Waals surface area contributed by atoms with E-state index in [-0.39, 0.29) is 5.54 Å². The molecule has 0 saturated carbocycles. The van der Waals surface area contributed by atoms with E-state index in [1.807, 2.05) is 12.1 Å². The van der Waals surface area contributed by atoms with Crippen LogP contribution in [0.2, 0.25) is 0 Å². The molecule has 0 radical (unpaired) electrons. The molecule has 0 amide bonds. The van der Waals surface area contributed by atoms with E-state index in [0.29, 0.717) is 0 Å². The minimum atomic E-state index is 0.125. The van der Waals surface area contributed by atoms with Crippen LogP contribution in [0.4, 0.5) is 11.4 Å². The van der Waals surface area contributed by atoms with Crippen molar-refractivity contribution in [2.45, 2.75) is 33.2 Å². The summed E-state index contributed by atoms with van der Waals surface area (Å²) in [5.74, 6) is 0. The lowest BCUT2D eigenvalue weighted by Crippen LogP contribution is -2.38. The van der Waals surface area contributed by atoms with E-state index < -0.39 is 0 Å². The van der Waals surface area contributed by atoms with Crippen LogP contribution in [0, 0.1) is 6.92 Å². The molecule has 78 valence electrons. The maximum atomic E-state index is 5.81. The van der Waals surface area contributed by atoms with E-state index in [9.17, 15) is 0 Å². The SMILES string of the molecule is Cc1cc(N)cc(N(C)C(C)(C)C)c1. The Morgan fingerprint density at radius 3 is 2.14 bits per heavy atom. The second-order valence-corrected chi connectivity index (χ2v) is 4.83. The van der Waals surface area contributed by atoms with Crippen molar-refractivity contribution in [2.75, 3.05) is 17.7 Å². The number of benzene rings is 1. The first-order valence-electron chi connectivity index (χ1n) is 4.92. The lowest BCUT2D eigenvalue weighted by Gasteiger charge is -2.34. The predicted molar refractivity (Wildman–Crippen MR) is 63.7 cm³/mol. The highest BCUT2D eigenvalue weighted by Crippen LogP contribution is 2.25. The summed E-state index contributed by atoms with van der Waals surface area (Å²) in [5, 5.41) is 0. The first-order chi connectivity index (χ1) is 6.30. The van der Waals surface area contributed by atoms with Crippen molar-refractivity contribution in [3.8, 4) is 0 Å². The lowest BCUT2D eigenvalue weighted by molar-refractivity contribution is 0.539. The highest BCUT2D eigenvalue weighted by molar-refractivity contribution is 5.58. The molecule has 14 heavy (non-hydrogen) atoms. The highest BCUT2D eigenvalue weighted by Gasteiger charge is 2.17. The molecule has 0 heterocycles. The fourth-order valence-corrected chi connectivity index (χ4v) is 1.37. The molecule has 0 aliphatic heterocycles. The number of anilines is 2. The average molecular weight is 192 g/mol. The first-order valence-corrected chi connectivity index (χ1v) is 4.92. The Balaban J connectivity index is 3.07. The number of hydrogen-bond donors (Lipinski definition) is 1. The molecule has 0 unspecified atom stereocenters. The van der Waals surface area contributed by atoms with Crippen molar-refractivity contribution in [1.29, 1.82) is 0 Å². The normalized spacial score (nSPS) is 11.5. The molecule has 0 aliphatic carbocycles. The Morgan fingerprint density at radius 2 is 1.71 bits per heavy atom. The fourth-order valence-electron chi connectivity index (χ4n) is 1.37. The van der Waals surface area contributed by atoms with Gasteiger partial charge in [0.25, 0.3) is 0 Å². The zero-order valence-electron chi connectivity index (χ0n) is 9.76. The monoisotopic (exact) mass is 192 g/mol. The fraction of sp³-hybridized carbons (Fsp3) is 0.500. The number of nitrogens with two attached hydrogens (primary N) is 1. The van der Waals surface area contributed by atoms with Gasteiger partial charge in [-0.2, -0.15) is 0 Å². The largest absolute Gasteiger partial charge is 0.399 e. The number of hydrogen-bond acceptors (Lipinski definition) is 2. The Labute approximate surface area is 86.7 Å². The van der Waals surface area contributed by atoms with Crippen molar-refractivity contribution < 1.29 is 0 Å². The van der Waals surface area contributed by atoms with Crippen molar-refractivity contribution >= 4 is 11.4 Å². The van der Waals surface area contributed by atoms with E-state index in [4.69, 9.17) is 5.73 Å². The van der Waals surface area contributed by atoms with Gasteiger partial charge in [-0.3, -0.25) is 0 Å². The molecule has 1 rings (SSSR count). The molecule has 2 heteroatoms. The second-order valence-electron chi connectivity index (χ2n) is 4.83. The van der Waals surface area contributed by atoms with Crippen LogP contribution < -0.4 is 10.6 Å². The summed E-state index contributed by atoms with van der Waals surface area (Å²) in [4.78, 5) is 2.23. The molecule has 1 aromatic carbocycles. The summed E-state index contributed by atoms with van der Waals surface area (Å²) in [6.45, 7) is 8.62. The van der Waals surface area contributed by atoms with Crippen LogP contribution in [0.3, 0.4) is 0 Å². The average Bonchev–Trinajstić information content (AvgIpc) is 1.99. The van der Waals surface area contributed by atoms with Crippen molar-refractivity contribution in [1.82, 2.24) is 0 Å². The van der Waals surface area contributed by atoms with E-state index in [1.165, 1.54) is 11.3 Å². The molecule has 0 saturated heterocycles. The van der Waals surface area contributed by atoms with Crippen LogP contribution in [-0.4, -0.2) is 12.6 Å². The van der Waals surface area contributed by atoms with Gasteiger partial charge in [-0.05, 0) is 51.5 Å². The van der Waals surface area contributed by atoms with Crippen LogP contribution >= 0.6 is 0 Å². The number of rotatable bonds is 1. The molecule has 0 spiro atoms. The van der Waals surface area contributed by atoms with Crippen LogP contribution in [0.5, 0.6) is 0 Å². The van der Waals surface area contributed by atoms with Gasteiger partial charge in [0, 0.05) is 24.0 Å². The first kappa shape index (κ1) is 10.9. The maximum Gasteiger partial charge on any atom is 0.0391 e. The Kier molecular flexibility index (Phi) is 2.74. The molecule has 1 aromatic rings. The minimum absolute atomic E-state index is 0.125. The third kappa shape index (κ3) is 2.41. The van der Waals surface area contributed by atoms with Crippen molar-refractivity contribution in [3.63, 3.8) is 0 Å². The van der Waals surface area contributed by atoms with E-state index >= 15 is 0 Å². The highest BCUT2D eigenvalue weighted by atomic mass is 15.2. The molecule has 0 aliphatic rings.